The summed E-state index contributed by atoms with van der Waals surface area (Å²) in [6, 6.07) is 12.3. The fourth-order valence-electron chi connectivity index (χ4n) is 2.33. The van der Waals surface area contributed by atoms with Gasteiger partial charge in [0.1, 0.15) is 5.75 Å². The highest BCUT2D eigenvalue weighted by Gasteiger charge is 2.30. The van der Waals surface area contributed by atoms with Crippen LogP contribution in [0.5, 0.6) is 5.75 Å². The summed E-state index contributed by atoms with van der Waals surface area (Å²) in [5, 5.41) is 0.233. The minimum absolute atomic E-state index is 0.0480. The molecular weight excluding hydrogens is 362 g/mol. The average molecular weight is 382 g/mol. The lowest BCUT2D eigenvalue weighted by molar-refractivity contribution is -0.117. The molecule has 0 saturated heterocycles. The molecule has 7 heteroatoms. The second kappa shape index (κ2) is 8.36. The molecular formula is C18H20ClNO4S. The topological polar surface area (TPSA) is 63.7 Å². The van der Waals surface area contributed by atoms with E-state index in [4.69, 9.17) is 16.3 Å². The minimum atomic E-state index is -4.04. The molecule has 0 fully saturated rings. The van der Waals surface area contributed by atoms with E-state index in [2.05, 4.69) is 0 Å². The van der Waals surface area contributed by atoms with E-state index in [-0.39, 0.29) is 22.0 Å². The molecule has 1 amide bonds. The van der Waals surface area contributed by atoms with Gasteiger partial charge in [0.15, 0.2) is 0 Å². The first kappa shape index (κ1) is 19.3. The van der Waals surface area contributed by atoms with Crippen LogP contribution in [0.15, 0.2) is 53.4 Å². The molecule has 0 aliphatic carbocycles. The minimum Gasteiger partial charge on any atom is -0.495 e. The Balaban J connectivity index is 2.54. The third-order valence-corrected chi connectivity index (χ3v) is 5.68. The number of carbonyl (C=O) groups is 1. The van der Waals surface area contributed by atoms with Crippen molar-refractivity contribution < 1.29 is 17.9 Å². The first-order valence-corrected chi connectivity index (χ1v) is 9.70. The Labute approximate surface area is 153 Å². The van der Waals surface area contributed by atoms with Crippen LogP contribution in [0.3, 0.4) is 0 Å². The summed E-state index contributed by atoms with van der Waals surface area (Å²) < 4.78 is 32.0. The molecule has 0 saturated carbocycles. The van der Waals surface area contributed by atoms with Crippen molar-refractivity contribution in [3.05, 3.63) is 53.6 Å². The standard InChI is InChI=1S/C18H20ClNO4S/c1-3-4-10-18(21)20(14-11-12-17(24-2)16(19)13-14)25(22,23)15-8-6-5-7-9-15/h5-9,11-13H,3-4,10H2,1-2H3. The van der Waals surface area contributed by atoms with E-state index in [0.717, 1.165) is 10.7 Å². The van der Waals surface area contributed by atoms with Gasteiger partial charge in [-0.05, 0) is 36.8 Å². The Morgan fingerprint density at radius 1 is 1.16 bits per heavy atom. The summed E-state index contributed by atoms with van der Waals surface area (Å²) in [4.78, 5) is 12.7. The largest absolute Gasteiger partial charge is 0.495 e. The Morgan fingerprint density at radius 3 is 2.40 bits per heavy atom. The molecule has 2 aromatic carbocycles. The van der Waals surface area contributed by atoms with Gasteiger partial charge < -0.3 is 4.74 Å². The van der Waals surface area contributed by atoms with Gasteiger partial charge in [0, 0.05) is 6.42 Å². The number of nitrogens with zero attached hydrogens (tertiary/aromatic N) is 1. The Morgan fingerprint density at radius 2 is 1.84 bits per heavy atom. The number of hydrogen-bond acceptors (Lipinski definition) is 4. The number of benzene rings is 2. The molecule has 134 valence electrons. The molecule has 2 rings (SSSR count). The van der Waals surface area contributed by atoms with Crippen molar-refractivity contribution in [2.45, 2.75) is 31.1 Å². The molecule has 0 spiro atoms. The van der Waals surface area contributed by atoms with E-state index in [1.165, 1.54) is 37.4 Å². The number of methoxy groups -OCH3 is 1. The van der Waals surface area contributed by atoms with E-state index in [1.54, 1.807) is 18.2 Å². The van der Waals surface area contributed by atoms with Crippen LogP contribution >= 0.6 is 11.6 Å². The quantitative estimate of drug-likeness (QED) is 0.718. The van der Waals surface area contributed by atoms with Crippen molar-refractivity contribution in [3.63, 3.8) is 0 Å². The summed E-state index contributed by atoms with van der Waals surface area (Å²) in [7, 11) is -2.57. The van der Waals surface area contributed by atoms with E-state index >= 15 is 0 Å². The molecule has 2 aromatic rings. The van der Waals surface area contributed by atoms with E-state index in [1.807, 2.05) is 6.92 Å². The van der Waals surface area contributed by atoms with Crippen molar-refractivity contribution in [1.29, 1.82) is 0 Å². The van der Waals surface area contributed by atoms with Crippen LogP contribution in [0.4, 0.5) is 5.69 Å². The maximum Gasteiger partial charge on any atom is 0.270 e. The number of rotatable bonds is 7. The Hall–Kier alpha value is -2.05. The molecule has 0 aliphatic rings. The van der Waals surface area contributed by atoms with Crippen molar-refractivity contribution in [1.82, 2.24) is 0 Å². The normalized spacial score (nSPS) is 11.2. The highest BCUT2D eigenvalue weighted by molar-refractivity contribution is 7.93. The molecule has 0 atom stereocenters. The van der Waals surface area contributed by atoms with E-state index < -0.39 is 15.9 Å². The number of carbonyl (C=O) groups excluding carboxylic acids is 1. The van der Waals surface area contributed by atoms with Gasteiger partial charge in [-0.25, -0.2) is 12.7 Å². The first-order valence-electron chi connectivity index (χ1n) is 7.88. The third kappa shape index (κ3) is 4.32. The van der Waals surface area contributed by atoms with Crippen molar-refractivity contribution in [3.8, 4) is 5.75 Å². The van der Waals surface area contributed by atoms with Crippen molar-refractivity contribution in [2.75, 3.05) is 11.4 Å². The molecule has 0 bridgehead atoms. The van der Waals surface area contributed by atoms with Crippen LogP contribution < -0.4 is 9.04 Å². The van der Waals surface area contributed by atoms with Crippen LogP contribution in [0, 0.1) is 0 Å². The van der Waals surface area contributed by atoms with Crippen LogP contribution in [-0.2, 0) is 14.8 Å². The molecule has 0 heterocycles. The highest BCUT2D eigenvalue weighted by Crippen LogP contribution is 2.32. The summed E-state index contributed by atoms with van der Waals surface area (Å²) in [6.45, 7) is 1.94. The molecule has 5 nitrogen and oxygen atoms in total. The van der Waals surface area contributed by atoms with Gasteiger partial charge in [0.05, 0.1) is 22.7 Å². The van der Waals surface area contributed by atoms with Gasteiger partial charge in [-0.15, -0.1) is 0 Å². The number of amides is 1. The van der Waals surface area contributed by atoms with Gasteiger partial charge in [-0.3, -0.25) is 4.79 Å². The maximum atomic E-state index is 13.0. The zero-order chi connectivity index (χ0) is 18.4. The lowest BCUT2D eigenvalue weighted by atomic mass is 10.2. The molecule has 0 aliphatic heterocycles. The first-order chi connectivity index (χ1) is 11.9. The Bertz CT molecular complexity index is 837. The highest BCUT2D eigenvalue weighted by atomic mass is 35.5. The summed E-state index contributed by atoms with van der Waals surface area (Å²) >= 11 is 6.12. The summed E-state index contributed by atoms with van der Waals surface area (Å²) in [5.74, 6) is -0.0876. The number of halogens is 1. The zero-order valence-corrected chi connectivity index (χ0v) is 15.7. The number of ether oxygens (including phenoxy) is 1. The lowest BCUT2D eigenvalue weighted by Crippen LogP contribution is -2.36. The Kier molecular flexibility index (Phi) is 6.45. The van der Waals surface area contributed by atoms with Crippen LogP contribution in [0.2, 0.25) is 5.02 Å². The van der Waals surface area contributed by atoms with Crippen LogP contribution in [-0.4, -0.2) is 21.4 Å². The number of hydrogen-bond donors (Lipinski definition) is 0. The third-order valence-electron chi connectivity index (χ3n) is 3.62. The van der Waals surface area contributed by atoms with Gasteiger partial charge in [-0.1, -0.05) is 43.1 Å². The van der Waals surface area contributed by atoms with Crippen LogP contribution in [0.25, 0.3) is 0 Å². The molecule has 0 radical (unpaired) electrons. The predicted molar refractivity (Wildman–Crippen MR) is 98.6 cm³/mol. The lowest BCUT2D eigenvalue weighted by Gasteiger charge is -2.23. The predicted octanol–water partition coefficient (Wildman–Crippen LogP) is 4.26. The summed E-state index contributed by atoms with van der Waals surface area (Å²) in [6.07, 6.45) is 1.52. The van der Waals surface area contributed by atoms with Crippen LogP contribution in [0.1, 0.15) is 26.2 Å². The van der Waals surface area contributed by atoms with Crippen molar-refractivity contribution >= 4 is 33.2 Å². The SMILES string of the molecule is CCCCC(=O)N(c1ccc(OC)c(Cl)c1)S(=O)(=O)c1ccccc1. The van der Waals surface area contributed by atoms with Gasteiger partial charge in [0.25, 0.3) is 10.0 Å². The van der Waals surface area contributed by atoms with Gasteiger partial charge in [-0.2, -0.15) is 0 Å². The van der Waals surface area contributed by atoms with E-state index in [9.17, 15) is 13.2 Å². The van der Waals surface area contributed by atoms with E-state index in [0.29, 0.717) is 12.2 Å². The monoisotopic (exact) mass is 381 g/mol. The zero-order valence-electron chi connectivity index (χ0n) is 14.1. The second-order valence-corrected chi connectivity index (χ2v) is 7.59. The summed E-state index contributed by atoms with van der Waals surface area (Å²) in [5.41, 5.74) is 0.191. The number of anilines is 1. The average Bonchev–Trinajstić information content (AvgIpc) is 2.61. The number of sulfonamides is 1. The van der Waals surface area contributed by atoms with Gasteiger partial charge >= 0.3 is 0 Å². The number of unbranched alkanes of at least 4 members (excludes halogenated alkanes) is 1. The fraction of sp³-hybridized carbons (Fsp3) is 0.278. The smallest absolute Gasteiger partial charge is 0.270 e. The fourth-order valence-corrected chi connectivity index (χ4v) is 4.04. The molecule has 0 unspecified atom stereocenters. The second-order valence-electron chi connectivity index (χ2n) is 5.40. The molecule has 0 aromatic heterocycles. The maximum absolute atomic E-state index is 13.0. The molecule has 0 N–H and O–H groups in total. The van der Waals surface area contributed by atoms with Gasteiger partial charge in [0.2, 0.25) is 5.91 Å². The molecule has 25 heavy (non-hydrogen) atoms. The van der Waals surface area contributed by atoms with Crippen molar-refractivity contribution in [2.24, 2.45) is 0 Å².